The number of benzene rings is 1. The van der Waals surface area contributed by atoms with Crippen molar-refractivity contribution >= 4 is 21.9 Å². The largest absolute Gasteiger partial charge is 0.480 e. The predicted molar refractivity (Wildman–Crippen MR) is 90.2 cm³/mol. The molecule has 7 nitrogen and oxygen atoms in total. The molecule has 0 aliphatic rings. The van der Waals surface area contributed by atoms with Crippen molar-refractivity contribution in [3.63, 3.8) is 0 Å². The SMILES string of the molecule is CC(C)C[C@@H](NC(=O)c1cccc(S(=O)(=O)NC(C)C)c1)C(=O)O. The first-order valence-electron chi connectivity index (χ1n) is 7.69. The molecule has 24 heavy (non-hydrogen) atoms. The Morgan fingerprint density at radius 2 is 1.79 bits per heavy atom. The summed E-state index contributed by atoms with van der Waals surface area (Å²) in [5.74, 6) is -1.65. The zero-order valence-corrected chi connectivity index (χ0v) is 15.1. The highest BCUT2D eigenvalue weighted by molar-refractivity contribution is 7.89. The monoisotopic (exact) mass is 356 g/mol. The van der Waals surface area contributed by atoms with Crippen molar-refractivity contribution in [1.29, 1.82) is 0 Å². The summed E-state index contributed by atoms with van der Waals surface area (Å²) in [5, 5.41) is 11.6. The van der Waals surface area contributed by atoms with E-state index in [0.29, 0.717) is 0 Å². The lowest BCUT2D eigenvalue weighted by Gasteiger charge is -2.17. The zero-order chi connectivity index (χ0) is 18.5. The Labute approximate surface area is 142 Å². The fourth-order valence-electron chi connectivity index (χ4n) is 2.12. The van der Waals surface area contributed by atoms with E-state index in [9.17, 15) is 23.1 Å². The molecule has 0 bridgehead atoms. The second kappa shape index (κ2) is 8.25. The number of nitrogens with one attached hydrogen (secondary N) is 2. The van der Waals surface area contributed by atoms with E-state index in [1.807, 2.05) is 13.8 Å². The Bertz CT molecular complexity index is 698. The van der Waals surface area contributed by atoms with Gasteiger partial charge in [-0.3, -0.25) is 4.79 Å². The third-order valence-electron chi connectivity index (χ3n) is 3.11. The molecule has 0 aliphatic carbocycles. The smallest absolute Gasteiger partial charge is 0.326 e. The van der Waals surface area contributed by atoms with E-state index >= 15 is 0 Å². The van der Waals surface area contributed by atoms with Crippen LogP contribution in [0.25, 0.3) is 0 Å². The summed E-state index contributed by atoms with van der Waals surface area (Å²) in [4.78, 5) is 23.4. The van der Waals surface area contributed by atoms with Gasteiger partial charge in [0.15, 0.2) is 0 Å². The number of hydrogen-bond acceptors (Lipinski definition) is 4. The summed E-state index contributed by atoms with van der Waals surface area (Å²) in [6.07, 6.45) is 0.286. The Hall–Kier alpha value is -1.93. The Morgan fingerprint density at radius 1 is 1.17 bits per heavy atom. The minimum absolute atomic E-state index is 0.0421. The lowest BCUT2D eigenvalue weighted by Crippen LogP contribution is -2.41. The predicted octanol–water partition coefficient (Wildman–Crippen LogP) is 1.60. The minimum atomic E-state index is -3.73. The van der Waals surface area contributed by atoms with Crippen molar-refractivity contribution < 1.29 is 23.1 Å². The molecule has 0 fully saturated rings. The molecule has 0 aromatic heterocycles. The van der Waals surface area contributed by atoms with Gasteiger partial charge >= 0.3 is 5.97 Å². The highest BCUT2D eigenvalue weighted by atomic mass is 32.2. The van der Waals surface area contributed by atoms with Gasteiger partial charge in [0.2, 0.25) is 10.0 Å². The summed E-state index contributed by atoms with van der Waals surface area (Å²) in [7, 11) is -3.73. The first-order chi connectivity index (χ1) is 11.0. The van der Waals surface area contributed by atoms with Crippen LogP contribution < -0.4 is 10.0 Å². The molecule has 0 unspecified atom stereocenters. The highest BCUT2D eigenvalue weighted by Gasteiger charge is 2.23. The van der Waals surface area contributed by atoms with Crippen LogP contribution in [0.4, 0.5) is 0 Å². The number of amides is 1. The van der Waals surface area contributed by atoms with Crippen LogP contribution in [-0.2, 0) is 14.8 Å². The van der Waals surface area contributed by atoms with Crippen molar-refractivity contribution in [3.05, 3.63) is 29.8 Å². The first kappa shape index (κ1) is 20.1. The van der Waals surface area contributed by atoms with Gasteiger partial charge in [-0.05, 0) is 44.4 Å². The van der Waals surface area contributed by atoms with Crippen molar-refractivity contribution in [2.24, 2.45) is 5.92 Å². The van der Waals surface area contributed by atoms with E-state index in [2.05, 4.69) is 10.0 Å². The van der Waals surface area contributed by atoms with Gasteiger partial charge in [-0.1, -0.05) is 19.9 Å². The number of carbonyl (C=O) groups is 2. The maximum Gasteiger partial charge on any atom is 0.326 e. The standard InChI is InChI=1S/C16H24N2O5S/c1-10(2)8-14(16(20)21)17-15(19)12-6-5-7-13(9-12)24(22,23)18-11(3)4/h5-7,9-11,14,18H,8H2,1-4H3,(H,17,19)(H,20,21)/t14-/m1/s1. The van der Waals surface area contributed by atoms with E-state index < -0.39 is 27.9 Å². The fraction of sp³-hybridized carbons (Fsp3) is 0.500. The molecule has 1 rings (SSSR count). The number of aliphatic carboxylic acids is 1. The van der Waals surface area contributed by atoms with E-state index in [1.54, 1.807) is 13.8 Å². The highest BCUT2D eigenvalue weighted by Crippen LogP contribution is 2.13. The van der Waals surface area contributed by atoms with E-state index in [0.717, 1.165) is 0 Å². The number of carboxylic acid groups (broad SMARTS) is 1. The van der Waals surface area contributed by atoms with Gasteiger partial charge in [0.25, 0.3) is 5.91 Å². The Balaban J connectivity index is 3.00. The van der Waals surface area contributed by atoms with E-state index in [4.69, 9.17) is 0 Å². The molecule has 3 N–H and O–H groups in total. The number of carbonyl (C=O) groups excluding carboxylic acids is 1. The molecular formula is C16H24N2O5S. The van der Waals surface area contributed by atoms with Gasteiger partial charge < -0.3 is 10.4 Å². The van der Waals surface area contributed by atoms with Crippen molar-refractivity contribution in [2.75, 3.05) is 0 Å². The van der Waals surface area contributed by atoms with Crippen LogP contribution in [-0.4, -0.2) is 37.5 Å². The number of rotatable bonds is 8. The molecule has 0 heterocycles. The second-order valence-electron chi connectivity index (χ2n) is 6.30. The average molecular weight is 356 g/mol. The van der Waals surface area contributed by atoms with Gasteiger partial charge in [0.05, 0.1) is 4.90 Å². The minimum Gasteiger partial charge on any atom is -0.480 e. The number of hydrogen-bond donors (Lipinski definition) is 3. The first-order valence-corrected chi connectivity index (χ1v) is 9.17. The summed E-state index contributed by atoms with van der Waals surface area (Å²) in [6.45, 7) is 7.09. The topological polar surface area (TPSA) is 113 Å². The second-order valence-corrected chi connectivity index (χ2v) is 8.01. The molecule has 0 aliphatic heterocycles. The average Bonchev–Trinajstić information content (AvgIpc) is 2.44. The summed E-state index contributed by atoms with van der Waals surface area (Å²) < 4.78 is 26.7. The van der Waals surface area contributed by atoms with Crippen LogP contribution >= 0.6 is 0 Å². The van der Waals surface area contributed by atoms with E-state index in [1.165, 1.54) is 24.3 Å². The molecule has 0 saturated heterocycles. The molecule has 1 amide bonds. The van der Waals surface area contributed by atoms with E-state index in [-0.39, 0.29) is 28.8 Å². The van der Waals surface area contributed by atoms with Crippen LogP contribution in [0.5, 0.6) is 0 Å². The quantitative estimate of drug-likeness (QED) is 0.655. The molecule has 1 atom stereocenters. The van der Waals surface area contributed by atoms with Crippen LogP contribution in [0.15, 0.2) is 29.2 Å². The molecule has 134 valence electrons. The van der Waals surface area contributed by atoms with Gasteiger partial charge in [0.1, 0.15) is 6.04 Å². The van der Waals surface area contributed by atoms with Gasteiger partial charge in [-0.2, -0.15) is 0 Å². The normalized spacial score (nSPS) is 13.1. The molecule has 8 heteroatoms. The van der Waals surface area contributed by atoms with Crippen LogP contribution in [0, 0.1) is 5.92 Å². The molecular weight excluding hydrogens is 332 g/mol. The maximum absolute atomic E-state index is 12.3. The lowest BCUT2D eigenvalue weighted by molar-refractivity contribution is -0.139. The van der Waals surface area contributed by atoms with Crippen molar-refractivity contribution in [3.8, 4) is 0 Å². The van der Waals surface area contributed by atoms with Gasteiger partial charge in [-0.25, -0.2) is 17.9 Å². The summed E-state index contributed by atoms with van der Waals surface area (Å²) >= 11 is 0. The Morgan fingerprint density at radius 3 is 2.29 bits per heavy atom. The molecule has 1 aromatic rings. The van der Waals surface area contributed by atoms with Crippen LogP contribution in [0.3, 0.4) is 0 Å². The number of sulfonamides is 1. The van der Waals surface area contributed by atoms with Gasteiger partial charge in [0, 0.05) is 11.6 Å². The third kappa shape index (κ3) is 5.93. The maximum atomic E-state index is 12.3. The van der Waals surface area contributed by atoms with Crippen molar-refractivity contribution in [1.82, 2.24) is 10.0 Å². The lowest BCUT2D eigenvalue weighted by atomic mass is 10.0. The summed E-state index contributed by atoms with van der Waals surface area (Å²) in [6, 6.07) is 4.19. The Kier molecular flexibility index (Phi) is 6.92. The molecule has 1 aromatic carbocycles. The zero-order valence-electron chi connectivity index (χ0n) is 14.2. The third-order valence-corrected chi connectivity index (χ3v) is 4.76. The fourth-order valence-corrected chi connectivity index (χ4v) is 3.41. The van der Waals surface area contributed by atoms with Crippen molar-refractivity contribution in [2.45, 2.75) is 51.1 Å². The number of carboxylic acids is 1. The van der Waals surface area contributed by atoms with Crippen LogP contribution in [0.1, 0.15) is 44.5 Å². The van der Waals surface area contributed by atoms with Gasteiger partial charge in [-0.15, -0.1) is 0 Å². The molecule has 0 saturated carbocycles. The summed E-state index contributed by atoms with van der Waals surface area (Å²) in [5.41, 5.74) is 0.0941. The molecule has 0 spiro atoms. The molecule has 0 radical (unpaired) electrons. The van der Waals surface area contributed by atoms with Crippen LogP contribution in [0.2, 0.25) is 0 Å².